The highest BCUT2D eigenvalue weighted by Crippen LogP contribution is 2.28. The summed E-state index contributed by atoms with van der Waals surface area (Å²) >= 11 is 3.28. The molecule has 2 aromatic carbocycles. The first-order chi connectivity index (χ1) is 11.2. The minimum absolute atomic E-state index is 0.121. The Hall–Kier alpha value is -1.86. The number of anilines is 1. The molecule has 0 saturated heterocycles. The zero-order valence-electron chi connectivity index (χ0n) is 13.4. The average molecular weight is 412 g/mol. The highest BCUT2D eigenvalue weighted by Gasteiger charge is 2.26. The first-order valence-corrected chi connectivity index (χ1v) is 9.52. The topological polar surface area (TPSA) is 74.7 Å². The van der Waals surface area contributed by atoms with Gasteiger partial charge in [0.05, 0.1) is 17.0 Å². The largest absolute Gasteiger partial charge is 0.481 e. The van der Waals surface area contributed by atoms with Crippen LogP contribution in [-0.2, 0) is 14.8 Å². The maximum Gasteiger partial charge on any atom is 0.305 e. The summed E-state index contributed by atoms with van der Waals surface area (Å²) in [5.74, 6) is -1.05. The number of carboxylic acids is 1. The third-order valence-corrected chi connectivity index (χ3v) is 5.91. The van der Waals surface area contributed by atoms with Gasteiger partial charge in [-0.3, -0.25) is 9.10 Å². The highest BCUT2D eigenvalue weighted by molar-refractivity contribution is 9.10. The van der Waals surface area contributed by atoms with Crippen LogP contribution in [0.15, 0.2) is 51.8 Å². The van der Waals surface area contributed by atoms with Crippen molar-refractivity contribution >= 4 is 37.6 Å². The Labute approximate surface area is 150 Å². The minimum atomic E-state index is -3.85. The molecule has 0 amide bonds. The Balaban J connectivity index is 2.52. The summed E-state index contributed by atoms with van der Waals surface area (Å²) in [6, 6.07) is 11.7. The quantitative estimate of drug-likeness (QED) is 0.785. The number of rotatable bonds is 6. The molecular formula is C17H18BrNO4S. The molecule has 0 spiro atoms. The fraction of sp³-hybridized carbons (Fsp3) is 0.235. The zero-order chi connectivity index (χ0) is 17.9. The van der Waals surface area contributed by atoms with E-state index in [4.69, 9.17) is 5.11 Å². The van der Waals surface area contributed by atoms with E-state index in [1.165, 1.54) is 16.4 Å². The van der Waals surface area contributed by atoms with E-state index in [1.807, 2.05) is 26.0 Å². The lowest BCUT2D eigenvalue weighted by atomic mass is 10.1. The predicted octanol–water partition coefficient (Wildman–Crippen LogP) is 3.74. The molecular weight excluding hydrogens is 394 g/mol. The van der Waals surface area contributed by atoms with Gasteiger partial charge in [-0.2, -0.15) is 0 Å². The van der Waals surface area contributed by atoms with Crippen LogP contribution in [0, 0.1) is 13.8 Å². The Kier molecular flexibility index (Phi) is 5.66. The van der Waals surface area contributed by atoms with Crippen LogP contribution in [0.5, 0.6) is 0 Å². The van der Waals surface area contributed by atoms with Crippen LogP contribution < -0.4 is 4.31 Å². The molecule has 5 nitrogen and oxygen atoms in total. The number of hydrogen-bond acceptors (Lipinski definition) is 3. The lowest BCUT2D eigenvalue weighted by Gasteiger charge is -2.26. The van der Waals surface area contributed by atoms with Crippen molar-refractivity contribution in [3.63, 3.8) is 0 Å². The van der Waals surface area contributed by atoms with E-state index in [-0.39, 0.29) is 17.9 Å². The van der Waals surface area contributed by atoms with E-state index in [0.29, 0.717) is 5.69 Å². The fourth-order valence-electron chi connectivity index (χ4n) is 2.39. The van der Waals surface area contributed by atoms with Crippen molar-refractivity contribution in [2.45, 2.75) is 25.2 Å². The molecule has 0 heterocycles. The van der Waals surface area contributed by atoms with E-state index in [0.717, 1.165) is 15.6 Å². The van der Waals surface area contributed by atoms with Gasteiger partial charge < -0.3 is 5.11 Å². The third kappa shape index (κ3) is 4.15. The summed E-state index contributed by atoms with van der Waals surface area (Å²) in [4.78, 5) is 11.1. The SMILES string of the molecule is Cc1ccc(N(CCC(=O)O)S(=O)(=O)c2ccc(Br)cc2)c(C)c1. The first kappa shape index (κ1) is 18.5. The molecule has 0 atom stereocenters. The van der Waals surface area contributed by atoms with Gasteiger partial charge >= 0.3 is 5.97 Å². The number of nitrogens with zero attached hydrogens (tertiary/aromatic N) is 1. The zero-order valence-corrected chi connectivity index (χ0v) is 15.8. The van der Waals surface area contributed by atoms with E-state index >= 15 is 0 Å². The van der Waals surface area contributed by atoms with Crippen LogP contribution in [0.3, 0.4) is 0 Å². The second-order valence-corrected chi connectivity index (χ2v) is 8.24. The molecule has 7 heteroatoms. The van der Waals surface area contributed by atoms with E-state index in [2.05, 4.69) is 15.9 Å². The molecule has 0 aromatic heterocycles. The van der Waals surface area contributed by atoms with Crippen molar-refractivity contribution in [3.8, 4) is 0 Å². The highest BCUT2D eigenvalue weighted by atomic mass is 79.9. The van der Waals surface area contributed by atoms with Gasteiger partial charge in [-0.15, -0.1) is 0 Å². The van der Waals surface area contributed by atoms with Crippen molar-refractivity contribution in [1.29, 1.82) is 0 Å². The second-order valence-electron chi connectivity index (χ2n) is 5.46. The van der Waals surface area contributed by atoms with Crippen LogP contribution in [0.4, 0.5) is 5.69 Å². The number of sulfonamides is 1. The molecule has 2 rings (SSSR count). The molecule has 0 bridgehead atoms. The minimum Gasteiger partial charge on any atom is -0.481 e. The number of halogens is 1. The van der Waals surface area contributed by atoms with Crippen molar-refractivity contribution in [2.75, 3.05) is 10.8 Å². The van der Waals surface area contributed by atoms with Gasteiger partial charge in [0.1, 0.15) is 0 Å². The number of aryl methyl sites for hydroxylation is 2. The van der Waals surface area contributed by atoms with Gasteiger partial charge in [0.2, 0.25) is 0 Å². The van der Waals surface area contributed by atoms with Crippen LogP contribution in [0.2, 0.25) is 0 Å². The van der Waals surface area contributed by atoms with Gasteiger partial charge in [0.15, 0.2) is 0 Å². The van der Waals surface area contributed by atoms with Gasteiger partial charge in [-0.25, -0.2) is 8.42 Å². The van der Waals surface area contributed by atoms with Crippen LogP contribution in [0.1, 0.15) is 17.5 Å². The lowest BCUT2D eigenvalue weighted by molar-refractivity contribution is -0.136. The van der Waals surface area contributed by atoms with Crippen molar-refractivity contribution in [3.05, 3.63) is 58.1 Å². The molecule has 2 aromatic rings. The van der Waals surface area contributed by atoms with Crippen LogP contribution >= 0.6 is 15.9 Å². The monoisotopic (exact) mass is 411 g/mol. The van der Waals surface area contributed by atoms with E-state index in [9.17, 15) is 13.2 Å². The standard InChI is InChI=1S/C17H18BrNO4S/c1-12-3-8-16(13(2)11-12)19(10-9-17(20)21)24(22,23)15-6-4-14(18)5-7-15/h3-8,11H,9-10H2,1-2H3,(H,20,21). The summed E-state index contributed by atoms with van der Waals surface area (Å²) in [6.07, 6.45) is -0.275. The van der Waals surface area contributed by atoms with Crippen LogP contribution in [-0.4, -0.2) is 26.0 Å². The molecule has 1 N–H and O–H groups in total. The molecule has 0 fully saturated rings. The van der Waals surface area contributed by atoms with Gasteiger partial charge in [-0.1, -0.05) is 33.6 Å². The van der Waals surface area contributed by atoms with E-state index < -0.39 is 16.0 Å². The van der Waals surface area contributed by atoms with Gasteiger partial charge in [-0.05, 0) is 49.7 Å². The Bertz CT molecular complexity index is 847. The van der Waals surface area contributed by atoms with Crippen molar-refractivity contribution in [1.82, 2.24) is 0 Å². The molecule has 128 valence electrons. The van der Waals surface area contributed by atoms with Crippen molar-refractivity contribution < 1.29 is 18.3 Å². The summed E-state index contributed by atoms with van der Waals surface area (Å²) < 4.78 is 28.0. The number of hydrogen-bond donors (Lipinski definition) is 1. The Morgan fingerprint density at radius 2 is 1.75 bits per heavy atom. The van der Waals surface area contributed by atoms with E-state index in [1.54, 1.807) is 18.2 Å². The predicted molar refractivity (Wildman–Crippen MR) is 96.8 cm³/mol. The number of carbonyl (C=O) groups is 1. The summed E-state index contributed by atoms with van der Waals surface area (Å²) in [7, 11) is -3.85. The molecule has 0 aliphatic rings. The smallest absolute Gasteiger partial charge is 0.305 e. The molecule has 0 radical (unpaired) electrons. The molecule has 0 unspecified atom stereocenters. The fourth-order valence-corrected chi connectivity index (χ4v) is 4.18. The Morgan fingerprint density at radius 3 is 2.29 bits per heavy atom. The van der Waals surface area contributed by atoms with Gasteiger partial charge in [0.25, 0.3) is 10.0 Å². The van der Waals surface area contributed by atoms with Crippen LogP contribution in [0.25, 0.3) is 0 Å². The second kappa shape index (κ2) is 7.36. The summed E-state index contributed by atoms with van der Waals surface area (Å²) in [5.41, 5.74) is 2.28. The maximum atomic E-state index is 13.0. The number of carboxylic acid groups (broad SMARTS) is 1. The maximum absolute atomic E-state index is 13.0. The summed E-state index contributed by atoms with van der Waals surface area (Å²) in [6.45, 7) is 3.60. The number of aliphatic carboxylic acids is 1. The molecule has 0 saturated carbocycles. The van der Waals surface area contributed by atoms with Gasteiger partial charge in [0, 0.05) is 11.0 Å². The molecule has 0 aliphatic carbocycles. The number of benzene rings is 2. The van der Waals surface area contributed by atoms with Crippen molar-refractivity contribution in [2.24, 2.45) is 0 Å². The average Bonchev–Trinajstić information content (AvgIpc) is 2.49. The Morgan fingerprint density at radius 1 is 1.12 bits per heavy atom. The molecule has 24 heavy (non-hydrogen) atoms. The normalized spacial score (nSPS) is 11.3. The lowest BCUT2D eigenvalue weighted by Crippen LogP contribution is -2.33. The summed E-state index contributed by atoms with van der Waals surface area (Å²) in [5, 5.41) is 8.97. The molecule has 0 aliphatic heterocycles. The third-order valence-electron chi connectivity index (χ3n) is 3.55. The first-order valence-electron chi connectivity index (χ1n) is 7.29.